The van der Waals surface area contributed by atoms with Gasteiger partial charge in [0.2, 0.25) is 11.8 Å². The summed E-state index contributed by atoms with van der Waals surface area (Å²) >= 11 is 0. The number of hydrogen-bond acceptors (Lipinski definition) is 4. The van der Waals surface area contributed by atoms with Crippen molar-refractivity contribution in [1.82, 2.24) is 4.90 Å². The minimum absolute atomic E-state index is 0.0332. The summed E-state index contributed by atoms with van der Waals surface area (Å²) in [7, 11) is 1.61. The average Bonchev–Trinajstić information content (AvgIpc) is 3.44. The summed E-state index contributed by atoms with van der Waals surface area (Å²) in [5.74, 6) is -0.786. The van der Waals surface area contributed by atoms with Crippen molar-refractivity contribution in [3.05, 3.63) is 107 Å². The van der Waals surface area contributed by atoms with Crippen LogP contribution in [0, 0.1) is 11.8 Å². The van der Waals surface area contributed by atoms with Crippen molar-refractivity contribution < 1.29 is 14.3 Å². The van der Waals surface area contributed by atoms with Crippen molar-refractivity contribution in [3.63, 3.8) is 0 Å². The van der Waals surface area contributed by atoms with Gasteiger partial charge in [0, 0.05) is 13.0 Å². The Kier molecular flexibility index (Phi) is 3.99. The van der Waals surface area contributed by atoms with Gasteiger partial charge in [-0.15, -0.1) is 0 Å². The molecule has 5 aliphatic rings. The number of aliphatic imine (C=N–C) groups is 1. The molecule has 0 radical (unpaired) electrons. The highest BCUT2D eigenvalue weighted by Crippen LogP contribution is 2.64. The highest BCUT2D eigenvalue weighted by molar-refractivity contribution is 6.13. The number of hydrogen-bond donors (Lipinski definition) is 0. The van der Waals surface area contributed by atoms with Crippen molar-refractivity contribution in [2.75, 3.05) is 13.7 Å². The fourth-order valence-corrected chi connectivity index (χ4v) is 6.90. The molecule has 1 saturated heterocycles. The number of imide groups is 1. The number of carbonyl (C=O) groups excluding carboxylic acids is 2. The standard InChI is InChI=1S/C29H24N2O3/c1-31-26(32)24-23-19-11-5-7-13-21(19)29(25(24)27(31)33,22-14-8-6-12-20(22)23)28-30-18(16-34-28)15-17-9-3-2-4-10-17/h2-14,18,23-25H,15-16H2,1H3/t18-,23?,24+,25-,29?/m0/s1. The fourth-order valence-electron chi connectivity index (χ4n) is 6.90. The number of carbonyl (C=O) groups is 2. The molecular weight excluding hydrogens is 424 g/mol. The molecular formula is C29H24N2O3. The molecule has 0 N–H and O–H groups in total. The number of nitrogens with zero attached hydrogens (tertiary/aromatic N) is 2. The van der Waals surface area contributed by atoms with Gasteiger partial charge in [-0.2, -0.15) is 0 Å². The van der Waals surface area contributed by atoms with Crippen LogP contribution in [0.3, 0.4) is 0 Å². The predicted octanol–water partition coefficient (Wildman–Crippen LogP) is 3.70. The monoisotopic (exact) mass is 448 g/mol. The summed E-state index contributed by atoms with van der Waals surface area (Å²) in [5.41, 5.74) is 4.63. The Morgan fingerprint density at radius 2 is 1.50 bits per heavy atom. The average molecular weight is 449 g/mol. The van der Waals surface area contributed by atoms with E-state index in [4.69, 9.17) is 9.73 Å². The fraction of sp³-hybridized carbons (Fsp3) is 0.276. The first-order chi connectivity index (χ1) is 16.6. The van der Waals surface area contributed by atoms with Crippen LogP contribution in [0.15, 0.2) is 83.9 Å². The summed E-state index contributed by atoms with van der Waals surface area (Å²) in [6.45, 7) is 0.467. The van der Waals surface area contributed by atoms with Gasteiger partial charge in [-0.3, -0.25) is 14.5 Å². The van der Waals surface area contributed by atoms with Gasteiger partial charge in [0.05, 0.1) is 17.9 Å². The summed E-state index contributed by atoms with van der Waals surface area (Å²) in [6.07, 6.45) is 0.771. The summed E-state index contributed by atoms with van der Waals surface area (Å²) in [6, 6.07) is 26.7. The number of rotatable bonds is 3. The molecule has 2 heterocycles. The molecule has 3 aromatic carbocycles. The molecule has 168 valence electrons. The molecule has 2 amide bonds. The van der Waals surface area contributed by atoms with Gasteiger partial charge >= 0.3 is 0 Å². The molecule has 3 aromatic rings. The van der Waals surface area contributed by atoms with Gasteiger partial charge in [-0.25, -0.2) is 4.99 Å². The van der Waals surface area contributed by atoms with Crippen LogP contribution in [0.25, 0.3) is 0 Å². The molecule has 5 nitrogen and oxygen atoms in total. The smallest absolute Gasteiger partial charge is 0.234 e. The van der Waals surface area contributed by atoms with Crippen LogP contribution in [-0.2, 0) is 26.2 Å². The van der Waals surface area contributed by atoms with Crippen LogP contribution in [-0.4, -0.2) is 42.3 Å². The molecule has 3 atom stereocenters. The second-order valence-electron chi connectivity index (χ2n) is 9.79. The highest BCUT2D eigenvalue weighted by Gasteiger charge is 2.70. The molecule has 0 spiro atoms. The minimum Gasteiger partial charge on any atom is -0.478 e. The topological polar surface area (TPSA) is 59.0 Å². The highest BCUT2D eigenvalue weighted by atomic mass is 16.5. The van der Waals surface area contributed by atoms with E-state index in [1.165, 1.54) is 10.5 Å². The maximum Gasteiger partial charge on any atom is 0.234 e. The van der Waals surface area contributed by atoms with E-state index in [2.05, 4.69) is 36.4 Å². The molecule has 34 heavy (non-hydrogen) atoms. The lowest BCUT2D eigenvalue weighted by Crippen LogP contribution is -2.57. The third-order valence-electron chi connectivity index (χ3n) is 8.20. The van der Waals surface area contributed by atoms with E-state index in [1.807, 2.05) is 42.5 Å². The zero-order valence-corrected chi connectivity index (χ0v) is 18.8. The summed E-state index contributed by atoms with van der Waals surface area (Å²) in [5, 5.41) is 0. The van der Waals surface area contributed by atoms with Gasteiger partial charge in [-0.1, -0.05) is 78.9 Å². The van der Waals surface area contributed by atoms with Crippen LogP contribution in [0.2, 0.25) is 0 Å². The molecule has 5 heteroatoms. The van der Waals surface area contributed by atoms with Gasteiger partial charge in [0.25, 0.3) is 0 Å². The third kappa shape index (κ3) is 2.32. The predicted molar refractivity (Wildman–Crippen MR) is 128 cm³/mol. The molecule has 2 aliphatic heterocycles. The molecule has 8 rings (SSSR count). The first-order valence-corrected chi connectivity index (χ1v) is 11.9. The van der Waals surface area contributed by atoms with Gasteiger partial charge in [0.15, 0.2) is 5.90 Å². The molecule has 0 saturated carbocycles. The second-order valence-corrected chi connectivity index (χ2v) is 9.79. The quantitative estimate of drug-likeness (QED) is 0.574. The van der Waals surface area contributed by atoms with Gasteiger partial charge < -0.3 is 4.74 Å². The normalized spacial score (nSPS) is 30.5. The van der Waals surface area contributed by atoms with E-state index < -0.39 is 17.3 Å². The Morgan fingerprint density at radius 3 is 2.18 bits per heavy atom. The lowest BCUT2D eigenvalue weighted by Gasteiger charge is -2.53. The Labute approximate surface area is 198 Å². The van der Waals surface area contributed by atoms with E-state index in [-0.39, 0.29) is 23.8 Å². The van der Waals surface area contributed by atoms with E-state index in [0.29, 0.717) is 12.5 Å². The molecule has 0 aromatic heterocycles. The van der Waals surface area contributed by atoms with Gasteiger partial charge in [-0.05, 0) is 34.2 Å². The second kappa shape index (κ2) is 6.89. The van der Waals surface area contributed by atoms with E-state index >= 15 is 0 Å². The van der Waals surface area contributed by atoms with Crippen molar-refractivity contribution in [2.45, 2.75) is 23.8 Å². The molecule has 3 aliphatic carbocycles. The maximum absolute atomic E-state index is 13.7. The number of benzene rings is 3. The maximum atomic E-state index is 13.7. The Balaban J connectivity index is 1.48. The number of likely N-dealkylation sites (tertiary alicyclic amines) is 1. The lowest BCUT2D eigenvalue weighted by atomic mass is 9.47. The van der Waals surface area contributed by atoms with Crippen molar-refractivity contribution in [3.8, 4) is 0 Å². The molecule has 2 bridgehead atoms. The molecule has 1 fully saturated rings. The zero-order chi connectivity index (χ0) is 23.0. The summed E-state index contributed by atoms with van der Waals surface area (Å²) in [4.78, 5) is 33.6. The minimum atomic E-state index is -0.893. The van der Waals surface area contributed by atoms with Crippen molar-refractivity contribution in [2.24, 2.45) is 16.8 Å². The number of ether oxygens (including phenoxy) is 1. The zero-order valence-electron chi connectivity index (χ0n) is 18.8. The third-order valence-corrected chi connectivity index (χ3v) is 8.20. The lowest BCUT2D eigenvalue weighted by molar-refractivity contribution is -0.138. The van der Waals surface area contributed by atoms with E-state index in [1.54, 1.807) is 7.05 Å². The van der Waals surface area contributed by atoms with Crippen LogP contribution in [0.4, 0.5) is 0 Å². The Hall–Kier alpha value is -3.73. The van der Waals surface area contributed by atoms with Crippen LogP contribution >= 0.6 is 0 Å². The van der Waals surface area contributed by atoms with Crippen LogP contribution in [0.5, 0.6) is 0 Å². The largest absolute Gasteiger partial charge is 0.478 e. The Bertz CT molecular complexity index is 1330. The van der Waals surface area contributed by atoms with Crippen molar-refractivity contribution >= 4 is 17.7 Å². The van der Waals surface area contributed by atoms with Crippen molar-refractivity contribution in [1.29, 1.82) is 0 Å². The molecule has 0 unspecified atom stereocenters. The number of amides is 2. The van der Waals surface area contributed by atoms with E-state index in [9.17, 15) is 9.59 Å². The van der Waals surface area contributed by atoms with Crippen LogP contribution in [0.1, 0.15) is 33.7 Å². The van der Waals surface area contributed by atoms with Gasteiger partial charge in [0.1, 0.15) is 12.0 Å². The first-order valence-electron chi connectivity index (χ1n) is 11.9. The van der Waals surface area contributed by atoms with E-state index in [0.717, 1.165) is 28.7 Å². The van der Waals surface area contributed by atoms with Crippen LogP contribution < -0.4 is 0 Å². The Morgan fingerprint density at radius 1 is 0.882 bits per heavy atom. The summed E-state index contributed by atoms with van der Waals surface area (Å²) < 4.78 is 6.40. The SMILES string of the molecule is CN1C(=O)[C@@H]2C3c4ccccc4C(C4=N[C@@H](Cc5ccccc5)CO4)(c4ccccc43)[C@@H]2C1=O. The first kappa shape index (κ1) is 19.7.